The van der Waals surface area contributed by atoms with Gasteiger partial charge in [0.2, 0.25) is 0 Å². The van der Waals surface area contributed by atoms with Gasteiger partial charge in [-0.05, 0) is 56.6 Å². The van der Waals surface area contributed by atoms with Crippen LogP contribution in [0.15, 0.2) is 18.2 Å². The van der Waals surface area contributed by atoms with Crippen LogP contribution < -0.4 is 4.74 Å². The highest BCUT2D eigenvalue weighted by Crippen LogP contribution is 2.34. The molecule has 0 amide bonds. The summed E-state index contributed by atoms with van der Waals surface area (Å²) in [4.78, 5) is 5.14. The number of benzene rings is 1. The molecule has 0 spiro atoms. The highest BCUT2D eigenvalue weighted by molar-refractivity contribution is 5.86. The second-order valence-corrected chi connectivity index (χ2v) is 5.71. The first-order valence-corrected chi connectivity index (χ1v) is 7.27. The Hall–Kier alpha value is -1.62. The van der Waals surface area contributed by atoms with Crippen molar-refractivity contribution in [3.63, 3.8) is 0 Å². The number of likely N-dealkylation sites (N-methyl/N-ethyl adjacent to an activating group) is 1. The maximum absolute atomic E-state index is 13.3. The Morgan fingerprint density at radius 3 is 2.86 bits per heavy atom. The van der Waals surface area contributed by atoms with E-state index in [9.17, 15) is 8.78 Å². The zero-order valence-electron chi connectivity index (χ0n) is 12.3. The lowest BCUT2D eigenvalue weighted by atomic mass is 10.0. The molecule has 1 aliphatic heterocycles. The van der Waals surface area contributed by atoms with Crippen molar-refractivity contribution in [2.75, 3.05) is 20.7 Å². The number of rotatable bonds is 4. The van der Waals surface area contributed by atoms with E-state index in [4.69, 9.17) is 4.74 Å². The van der Waals surface area contributed by atoms with E-state index in [-0.39, 0.29) is 5.69 Å². The van der Waals surface area contributed by atoms with Gasteiger partial charge in [0, 0.05) is 16.9 Å². The zero-order valence-corrected chi connectivity index (χ0v) is 12.3. The Balaban J connectivity index is 2.05. The Kier molecular flexibility index (Phi) is 3.85. The maximum atomic E-state index is 13.3. The van der Waals surface area contributed by atoms with Gasteiger partial charge in [0.1, 0.15) is 5.75 Å². The standard InChI is InChI=1S/C16H20F2N2O/c1-20-7-3-4-10(20)8-13-12-9-11(21-2)5-6-14(12)19-15(13)16(17)18/h5-6,9-10,16,19H,3-4,7-8H2,1-2H3/t10-/m1/s1. The van der Waals surface area contributed by atoms with Crippen LogP contribution >= 0.6 is 0 Å². The lowest BCUT2D eigenvalue weighted by molar-refractivity contribution is 0.145. The molecule has 0 aliphatic carbocycles. The van der Waals surface area contributed by atoms with E-state index in [1.807, 2.05) is 12.1 Å². The summed E-state index contributed by atoms with van der Waals surface area (Å²) in [6.07, 6.45) is 0.376. The van der Waals surface area contributed by atoms with E-state index in [1.165, 1.54) is 0 Å². The van der Waals surface area contributed by atoms with E-state index in [0.717, 1.165) is 35.9 Å². The fourth-order valence-corrected chi connectivity index (χ4v) is 3.25. The highest BCUT2D eigenvalue weighted by Gasteiger charge is 2.26. The largest absolute Gasteiger partial charge is 0.497 e. The summed E-state index contributed by atoms with van der Waals surface area (Å²) >= 11 is 0. The highest BCUT2D eigenvalue weighted by atomic mass is 19.3. The smallest absolute Gasteiger partial charge is 0.278 e. The number of nitrogens with zero attached hydrogens (tertiary/aromatic N) is 1. The molecule has 1 atom stereocenters. The van der Waals surface area contributed by atoms with Crippen molar-refractivity contribution >= 4 is 10.9 Å². The van der Waals surface area contributed by atoms with Crippen molar-refractivity contribution in [1.29, 1.82) is 0 Å². The molecule has 0 bridgehead atoms. The van der Waals surface area contributed by atoms with Crippen molar-refractivity contribution < 1.29 is 13.5 Å². The summed E-state index contributed by atoms with van der Waals surface area (Å²) in [5.41, 5.74) is 1.54. The van der Waals surface area contributed by atoms with E-state index in [1.54, 1.807) is 13.2 Å². The van der Waals surface area contributed by atoms with Crippen LogP contribution in [0.25, 0.3) is 10.9 Å². The van der Waals surface area contributed by atoms with Crippen LogP contribution in [0.5, 0.6) is 5.75 Å². The van der Waals surface area contributed by atoms with Crippen molar-refractivity contribution in [2.24, 2.45) is 0 Å². The maximum Gasteiger partial charge on any atom is 0.278 e. The molecule has 1 fully saturated rings. The molecular weight excluding hydrogens is 274 g/mol. The Morgan fingerprint density at radius 1 is 1.43 bits per heavy atom. The third-order valence-electron chi connectivity index (χ3n) is 4.48. The SMILES string of the molecule is COc1ccc2[nH]c(C(F)F)c(C[C@H]3CCCN3C)c2c1. The molecule has 1 aromatic heterocycles. The molecule has 2 aromatic rings. The summed E-state index contributed by atoms with van der Waals surface area (Å²) in [7, 11) is 3.65. The van der Waals surface area contributed by atoms with Gasteiger partial charge in [0.15, 0.2) is 0 Å². The summed E-state index contributed by atoms with van der Waals surface area (Å²) in [5, 5.41) is 0.852. The van der Waals surface area contributed by atoms with Gasteiger partial charge in [0.05, 0.1) is 12.8 Å². The first-order valence-electron chi connectivity index (χ1n) is 7.27. The minimum absolute atomic E-state index is 0.0542. The molecule has 1 saturated heterocycles. The fourth-order valence-electron chi connectivity index (χ4n) is 3.25. The number of hydrogen-bond acceptors (Lipinski definition) is 2. The zero-order chi connectivity index (χ0) is 15.0. The Labute approximate surface area is 122 Å². The molecule has 2 heterocycles. The number of H-pyrrole nitrogens is 1. The number of nitrogens with one attached hydrogen (secondary N) is 1. The van der Waals surface area contributed by atoms with Crippen LogP contribution in [0.2, 0.25) is 0 Å². The summed E-state index contributed by atoms with van der Waals surface area (Å²) in [6.45, 7) is 1.04. The number of ether oxygens (including phenoxy) is 1. The van der Waals surface area contributed by atoms with Crippen LogP contribution in [0.3, 0.4) is 0 Å². The van der Waals surface area contributed by atoms with Crippen LogP contribution in [-0.4, -0.2) is 36.6 Å². The number of hydrogen-bond donors (Lipinski definition) is 1. The normalized spacial score (nSPS) is 19.8. The number of halogens is 2. The Bertz CT molecular complexity index is 638. The molecule has 21 heavy (non-hydrogen) atoms. The van der Waals surface area contributed by atoms with E-state index < -0.39 is 6.43 Å². The molecule has 0 unspecified atom stereocenters. The minimum atomic E-state index is -2.48. The number of likely N-dealkylation sites (tertiary alicyclic amines) is 1. The second-order valence-electron chi connectivity index (χ2n) is 5.71. The van der Waals surface area contributed by atoms with Gasteiger partial charge in [-0.1, -0.05) is 0 Å². The predicted molar refractivity (Wildman–Crippen MR) is 79.2 cm³/mol. The molecule has 0 saturated carbocycles. The van der Waals surface area contributed by atoms with Gasteiger partial charge in [0.25, 0.3) is 6.43 Å². The topological polar surface area (TPSA) is 28.3 Å². The van der Waals surface area contributed by atoms with Gasteiger partial charge < -0.3 is 14.6 Å². The number of aromatic nitrogens is 1. The first kappa shape index (κ1) is 14.3. The molecule has 3 rings (SSSR count). The van der Waals surface area contributed by atoms with Crippen molar-refractivity contribution in [3.05, 3.63) is 29.5 Å². The second kappa shape index (κ2) is 5.64. The number of methoxy groups -OCH3 is 1. The summed E-state index contributed by atoms with van der Waals surface area (Å²) < 4.78 is 31.9. The van der Waals surface area contributed by atoms with E-state index >= 15 is 0 Å². The van der Waals surface area contributed by atoms with Crippen molar-refractivity contribution in [3.8, 4) is 5.75 Å². The fraction of sp³-hybridized carbons (Fsp3) is 0.500. The third kappa shape index (κ3) is 2.62. The minimum Gasteiger partial charge on any atom is -0.497 e. The molecule has 3 nitrogen and oxygen atoms in total. The molecule has 1 aliphatic rings. The average Bonchev–Trinajstić information content (AvgIpc) is 3.03. The van der Waals surface area contributed by atoms with Gasteiger partial charge in [-0.3, -0.25) is 0 Å². The van der Waals surface area contributed by atoms with Gasteiger partial charge in [-0.15, -0.1) is 0 Å². The number of alkyl halides is 2. The van der Waals surface area contributed by atoms with Gasteiger partial charge in [-0.2, -0.15) is 0 Å². The Morgan fingerprint density at radius 2 is 2.24 bits per heavy atom. The molecule has 114 valence electrons. The van der Waals surface area contributed by atoms with Crippen LogP contribution in [0, 0.1) is 0 Å². The number of aromatic amines is 1. The number of fused-ring (bicyclic) bond motifs is 1. The molecule has 0 radical (unpaired) electrons. The summed E-state index contributed by atoms with van der Waals surface area (Å²) in [6, 6.07) is 5.79. The molecule has 1 aromatic carbocycles. The quantitative estimate of drug-likeness (QED) is 0.930. The van der Waals surface area contributed by atoms with E-state index in [0.29, 0.717) is 18.2 Å². The molecule has 5 heteroatoms. The molecule has 1 N–H and O–H groups in total. The van der Waals surface area contributed by atoms with Crippen LogP contribution in [-0.2, 0) is 6.42 Å². The molecular formula is C16H20F2N2O. The lowest BCUT2D eigenvalue weighted by Crippen LogP contribution is -2.27. The van der Waals surface area contributed by atoms with Crippen LogP contribution in [0.1, 0.15) is 30.5 Å². The van der Waals surface area contributed by atoms with Crippen molar-refractivity contribution in [2.45, 2.75) is 31.7 Å². The lowest BCUT2D eigenvalue weighted by Gasteiger charge is -2.19. The average molecular weight is 294 g/mol. The predicted octanol–water partition coefficient (Wildman–Crippen LogP) is 3.75. The van der Waals surface area contributed by atoms with Gasteiger partial charge >= 0.3 is 0 Å². The van der Waals surface area contributed by atoms with Gasteiger partial charge in [-0.25, -0.2) is 8.78 Å². The summed E-state index contributed by atoms with van der Waals surface area (Å²) in [5.74, 6) is 0.698. The third-order valence-corrected chi connectivity index (χ3v) is 4.48. The van der Waals surface area contributed by atoms with Crippen molar-refractivity contribution in [1.82, 2.24) is 9.88 Å². The van der Waals surface area contributed by atoms with Crippen LogP contribution in [0.4, 0.5) is 8.78 Å². The van der Waals surface area contributed by atoms with E-state index in [2.05, 4.69) is 16.9 Å². The monoisotopic (exact) mass is 294 g/mol. The first-order chi connectivity index (χ1) is 10.1.